The third kappa shape index (κ3) is 3.11. The number of carbonyl (C=O) groups excluding carboxylic acids is 1. The smallest absolute Gasteiger partial charge is 0.222 e. The summed E-state index contributed by atoms with van der Waals surface area (Å²) in [7, 11) is 0. The predicted octanol–water partition coefficient (Wildman–Crippen LogP) is 3.30. The molecule has 0 atom stereocenters. The van der Waals surface area contributed by atoms with Crippen molar-refractivity contribution in [2.45, 2.75) is 25.9 Å². The van der Waals surface area contributed by atoms with Crippen molar-refractivity contribution in [3.05, 3.63) is 59.7 Å². The SMILES string of the molecule is O=C1CCCN1Cc1ccc(CNc2nc3ccccc3[nH]2)cc1. The Balaban J connectivity index is 1.37. The van der Waals surface area contributed by atoms with Gasteiger partial charge in [-0.2, -0.15) is 0 Å². The van der Waals surface area contributed by atoms with Crippen LogP contribution in [0.3, 0.4) is 0 Å². The monoisotopic (exact) mass is 320 g/mol. The van der Waals surface area contributed by atoms with Gasteiger partial charge < -0.3 is 15.2 Å². The van der Waals surface area contributed by atoms with Gasteiger partial charge >= 0.3 is 0 Å². The van der Waals surface area contributed by atoms with E-state index in [4.69, 9.17) is 0 Å². The highest BCUT2D eigenvalue weighted by Gasteiger charge is 2.19. The molecular weight excluding hydrogens is 300 g/mol. The van der Waals surface area contributed by atoms with Crippen LogP contribution in [0, 0.1) is 0 Å². The topological polar surface area (TPSA) is 61.0 Å². The summed E-state index contributed by atoms with van der Waals surface area (Å²) in [6.07, 6.45) is 1.68. The molecule has 3 aromatic rings. The standard InChI is InChI=1S/C19H20N4O/c24-18-6-3-11-23(18)13-15-9-7-14(8-10-15)12-20-19-21-16-4-1-2-5-17(16)22-19/h1-2,4-5,7-10H,3,6,11-13H2,(H2,20,21,22). The number of aromatic nitrogens is 2. The number of amides is 1. The highest BCUT2D eigenvalue weighted by Crippen LogP contribution is 2.16. The molecule has 0 saturated carbocycles. The Bertz CT molecular complexity index is 820. The van der Waals surface area contributed by atoms with Crippen LogP contribution in [0.5, 0.6) is 0 Å². The molecule has 2 heterocycles. The van der Waals surface area contributed by atoms with Gasteiger partial charge in [-0.05, 0) is 29.7 Å². The zero-order chi connectivity index (χ0) is 16.4. The summed E-state index contributed by atoms with van der Waals surface area (Å²) in [6, 6.07) is 16.4. The molecule has 1 aliphatic rings. The molecule has 0 spiro atoms. The maximum absolute atomic E-state index is 11.7. The van der Waals surface area contributed by atoms with Crippen molar-refractivity contribution in [3.8, 4) is 0 Å². The lowest BCUT2D eigenvalue weighted by molar-refractivity contribution is -0.128. The molecule has 0 radical (unpaired) electrons. The largest absolute Gasteiger partial charge is 0.352 e. The number of fused-ring (bicyclic) bond motifs is 1. The van der Waals surface area contributed by atoms with Crippen molar-refractivity contribution in [1.29, 1.82) is 0 Å². The molecule has 0 unspecified atom stereocenters. The highest BCUT2D eigenvalue weighted by atomic mass is 16.2. The first-order chi connectivity index (χ1) is 11.8. The fourth-order valence-corrected chi connectivity index (χ4v) is 3.08. The van der Waals surface area contributed by atoms with Crippen LogP contribution in [0.15, 0.2) is 48.5 Å². The summed E-state index contributed by atoms with van der Waals surface area (Å²) in [4.78, 5) is 21.4. The Labute approximate surface area is 140 Å². The summed E-state index contributed by atoms with van der Waals surface area (Å²) in [5.74, 6) is 1.05. The molecule has 4 rings (SSSR count). The Morgan fingerprint density at radius 3 is 2.62 bits per heavy atom. The van der Waals surface area contributed by atoms with E-state index >= 15 is 0 Å². The molecule has 1 fully saturated rings. The third-order valence-corrected chi connectivity index (χ3v) is 4.42. The number of rotatable bonds is 5. The van der Waals surface area contributed by atoms with Gasteiger partial charge in [0, 0.05) is 26.1 Å². The molecule has 1 saturated heterocycles. The van der Waals surface area contributed by atoms with Crippen LogP contribution in [0.25, 0.3) is 11.0 Å². The summed E-state index contributed by atoms with van der Waals surface area (Å²) < 4.78 is 0. The quantitative estimate of drug-likeness (QED) is 0.758. The zero-order valence-corrected chi connectivity index (χ0v) is 13.5. The van der Waals surface area contributed by atoms with Gasteiger partial charge in [0.2, 0.25) is 11.9 Å². The van der Waals surface area contributed by atoms with Crippen molar-refractivity contribution in [1.82, 2.24) is 14.9 Å². The van der Waals surface area contributed by atoms with Crippen molar-refractivity contribution in [2.24, 2.45) is 0 Å². The van der Waals surface area contributed by atoms with Crippen LogP contribution in [0.1, 0.15) is 24.0 Å². The van der Waals surface area contributed by atoms with E-state index in [-0.39, 0.29) is 5.91 Å². The van der Waals surface area contributed by atoms with Crippen molar-refractivity contribution in [2.75, 3.05) is 11.9 Å². The number of benzene rings is 2. The predicted molar refractivity (Wildman–Crippen MR) is 94.5 cm³/mol. The molecule has 24 heavy (non-hydrogen) atoms. The van der Waals surface area contributed by atoms with Crippen LogP contribution in [0.2, 0.25) is 0 Å². The Morgan fingerprint density at radius 1 is 1.08 bits per heavy atom. The number of anilines is 1. The summed E-state index contributed by atoms with van der Waals surface area (Å²) >= 11 is 0. The third-order valence-electron chi connectivity index (χ3n) is 4.42. The van der Waals surface area contributed by atoms with Crippen LogP contribution in [-0.4, -0.2) is 27.3 Å². The lowest BCUT2D eigenvalue weighted by Crippen LogP contribution is -2.23. The van der Waals surface area contributed by atoms with E-state index in [1.165, 1.54) is 11.1 Å². The van der Waals surface area contributed by atoms with Gasteiger partial charge in [-0.3, -0.25) is 4.79 Å². The van der Waals surface area contributed by atoms with Gasteiger partial charge in [-0.1, -0.05) is 36.4 Å². The molecule has 1 aromatic heterocycles. The Hall–Kier alpha value is -2.82. The number of nitrogens with zero attached hydrogens (tertiary/aromatic N) is 2. The van der Waals surface area contributed by atoms with Gasteiger partial charge in [-0.15, -0.1) is 0 Å². The number of para-hydroxylation sites is 2. The van der Waals surface area contributed by atoms with E-state index in [2.05, 4.69) is 39.6 Å². The van der Waals surface area contributed by atoms with Crippen molar-refractivity contribution >= 4 is 22.9 Å². The Kier molecular flexibility index (Phi) is 3.91. The number of carbonyl (C=O) groups is 1. The van der Waals surface area contributed by atoms with Gasteiger partial charge in [0.1, 0.15) is 0 Å². The van der Waals surface area contributed by atoms with Crippen molar-refractivity contribution in [3.63, 3.8) is 0 Å². The number of likely N-dealkylation sites (tertiary alicyclic amines) is 1. The second-order valence-corrected chi connectivity index (χ2v) is 6.19. The molecular formula is C19H20N4O. The molecule has 2 N–H and O–H groups in total. The highest BCUT2D eigenvalue weighted by molar-refractivity contribution is 5.78. The first-order valence-electron chi connectivity index (χ1n) is 8.32. The number of hydrogen-bond acceptors (Lipinski definition) is 3. The Morgan fingerprint density at radius 2 is 1.88 bits per heavy atom. The summed E-state index contributed by atoms with van der Waals surface area (Å²) in [6.45, 7) is 2.31. The van der Waals surface area contributed by atoms with E-state index in [1.54, 1.807) is 0 Å². The second-order valence-electron chi connectivity index (χ2n) is 6.19. The van der Waals surface area contributed by atoms with Gasteiger partial charge in [0.15, 0.2) is 0 Å². The minimum atomic E-state index is 0.269. The second kappa shape index (κ2) is 6.35. The number of hydrogen-bond donors (Lipinski definition) is 2. The minimum absolute atomic E-state index is 0.269. The van der Waals surface area contributed by atoms with Crippen LogP contribution >= 0.6 is 0 Å². The van der Waals surface area contributed by atoms with E-state index in [0.717, 1.165) is 36.5 Å². The molecule has 1 amide bonds. The van der Waals surface area contributed by atoms with E-state index in [0.29, 0.717) is 13.0 Å². The number of nitrogens with one attached hydrogen (secondary N) is 2. The van der Waals surface area contributed by atoms with Crippen LogP contribution in [-0.2, 0) is 17.9 Å². The maximum atomic E-state index is 11.7. The van der Waals surface area contributed by atoms with Crippen LogP contribution in [0.4, 0.5) is 5.95 Å². The summed E-state index contributed by atoms with van der Waals surface area (Å²) in [5.41, 5.74) is 4.36. The molecule has 5 nitrogen and oxygen atoms in total. The average Bonchev–Trinajstić information content (AvgIpc) is 3.20. The molecule has 122 valence electrons. The normalized spacial score (nSPS) is 14.5. The number of imidazole rings is 1. The zero-order valence-electron chi connectivity index (χ0n) is 13.5. The lowest BCUT2D eigenvalue weighted by Gasteiger charge is -2.15. The van der Waals surface area contributed by atoms with E-state index in [9.17, 15) is 4.79 Å². The maximum Gasteiger partial charge on any atom is 0.222 e. The molecule has 0 aliphatic carbocycles. The molecule has 1 aliphatic heterocycles. The summed E-state index contributed by atoms with van der Waals surface area (Å²) in [5, 5.41) is 3.32. The lowest BCUT2D eigenvalue weighted by atomic mass is 10.1. The first-order valence-corrected chi connectivity index (χ1v) is 8.32. The molecule has 5 heteroatoms. The average molecular weight is 320 g/mol. The molecule has 0 bridgehead atoms. The van der Waals surface area contributed by atoms with Crippen LogP contribution < -0.4 is 5.32 Å². The van der Waals surface area contributed by atoms with Gasteiger partial charge in [-0.25, -0.2) is 4.98 Å². The molecule has 2 aromatic carbocycles. The minimum Gasteiger partial charge on any atom is -0.352 e. The van der Waals surface area contributed by atoms with E-state index < -0.39 is 0 Å². The van der Waals surface area contributed by atoms with E-state index in [1.807, 2.05) is 29.2 Å². The van der Waals surface area contributed by atoms with Gasteiger partial charge in [0.05, 0.1) is 11.0 Å². The number of H-pyrrole nitrogens is 1. The number of aromatic amines is 1. The fourth-order valence-electron chi connectivity index (χ4n) is 3.08. The van der Waals surface area contributed by atoms with Crippen molar-refractivity contribution < 1.29 is 4.79 Å². The fraction of sp³-hybridized carbons (Fsp3) is 0.263. The van der Waals surface area contributed by atoms with Gasteiger partial charge in [0.25, 0.3) is 0 Å². The first kappa shape index (κ1) is 14.8.